The Morgan fingerprint density at radius 1 is 1.47 bits per heavy atom. The maximum atomic E-state index is 11.8. The zero-order valence-corrected chi connectivity index (χ0v) is 11.8. The molecule has 5 heteroatoms. The summed E-state index contributed by atoms with van der Waals surface area (Å²) in [4.78, 5) is 11.8. The molecule has 1 aromatic carbocycles. The van der Waals surface area contributed by atoms with E-state index in [4.69, 9.17) is 17.3 Å². The smallest absolute Gasteiger partial charge is 0.224 e. The van der Waals surface area contributed by atoms with E-state index in [0.717, 1.165) is 11.4 Å². The number of hydrogen-bond donors (Lipinski definition) is 3. The first-order valence-electron chi connectivity index (χ1n) is 6.66. The van der Waals surface area contributed by atoms with Gasteiger partial charge in [-0.1, -0.05) is 11.6 Å². The molecular formula is C14H20ClN3O. The number of amides is 1. The predicted octanol–water partition coefficient (Wildman–Crippen LogP) is 2.98. The van der Waals surface area contributed by atoms with Gasteiger partial charge in [0.2, 0.25) is 5.91 Å². The fourth-order valence-electron chi connectivity index (χ4n) is 1.76. The highest BCUT2D eigenvalue weighted by atomic mass is 35.5. The standard InChI is InChI=1S/C14H20ClN3O/c1-9(16)2-7-14(19)18-13-8-10(15)3-6-12(13)17-11-4-5-11/h3,6,8-9,11,17H,2,4-5,7,16H2,1H3,(H,18,19). The highest BCUT2D eigenvalue weighted by Gasteiger charge is 2.22. The van der Waals surface area contributed by atoms with Crippen LogP contribution in [0.15, 0.2) is 18.2 Å². The molecule has 104 valence electrons. The Morgan fingerprint density at radius 2 is 2.21 bits per heavy atom. The van der Waals surface area contributed by atoms with Crippen molar-refractivity contribution in [1.82, 2.24) is 0 Å². The molecular weight excluding hydrogens is 262 g/mol. The summed E-state index contributed by atoms with van der Waals surface area (Å²) in [5.41, 5.74) is 7.32. The number of benzene rings is 1. The van der Waals surface area contributed by atoms with Crippen molar-refractivity contribution in [3.05, 3.63) is 23.2 Å². The number of rotatable bonds is 6. The van der Waals surface area contributed by atoms with E-state index in [0.29, 0.717) is 23.9 Å². The third kappa shape index (κ3) is 4.73. The topological polar surface area (TPSA) is 67.2 Å². The molecule has 0 bridgehead atoms. The molecule has 19 heavy (non-hydrogen) atoms. The Balaban J connectivity index is 2.00. The molecule has 1 unspecified atom stereocenters. The van der Waals surface area contributed by atoms with Crippen molar-refractivity contribution in [1.29, 1.82) is 0 Å². The number of hydrogen-bond acceptors (Lipinski definition) is 3. The van der Waals surface area contributed by atoms with Crippen LogP contribution in [0.3, 0.4) is 0 Å². The van der Waals surface area contributed by atoms with Crippen LogP contribution in [-0.4, -0.2) is 18.0 Å². The summed E-state index contributed by atoms with van der Waals surface area (Å²) in [5, 5.41) is 6.90. The van der Waals surface area contributed by atoms with Gasteiger partial charge in [-0.05, 0) is 44.4 Å². The highest BCUT2D eigenvalue weighted by molar-refractivity contribution is 6.31. The molecule has 0 aromatic heterocycles. The van der Waals surface area contributed by atoms with E-state index in [1.54, 1.807) is 6.07 Å². The van der Waals surface area contributed by atoms with E-state index < -0.39 is 0 Å². The van der Waals surface area contributed by atoms with E-state index in [9.17, 15) is 4.79 Å². The maximum absolute atomic E-state index is 11.8. The fraction of sp³-hybridized carbons (Fsp3) is 0.500. The second-order valence-electron chi connectivity index (χ2n) is 5.17. The molecule has 0 saturated heterocycles. The lowest BCUT2D eigenvalue weighted by Gasteiger charge is -2.13. The molecule has 1 atom stereocenters. The second kappa shape index (κ2) is 6.26. The first-order chi connectivity index (χ1) is 9.04. The van der Waals surface area contributed by atoms with Gasteiger partial charge < -0.3 is 16.4 Å². The molecule has 0 heterocycles. The Bertz CT molecular complexity index is 458. The first-order valence-corrected chi connectivity index (χ1v) is 7.04. The molecule has 1 fully saturated rings. The third-order valence-corrected chi connectivity index (χ3v) is 3.25. The van der Waals surface area contributed by atoms with Crippen LogP contribution < -0.4 is 16.4 Å². The minimum atomic E-state index is -0.0292. The van der Waals surface area contributed by atoms with Crippen LogP contribution in [-0.2, 0) is 4.79 Å². The minimum Gasteiger partial charge on any atom is -0.381 e. The summed E-state index contributed by atoms with van der Waals surface area (Å²) < 4.78 is 0. The number of nitrogens with one attached hydrogen (secondary N) is 2. The van der Waals surface area contributed by atoms with E-state index in [-0.39, 0.29) is 11.9 Å². The van der Waals surface area contributed by atoms with Crippen LogP contribution in [0.2, 0.25) is 5.02 Å². The van der Waals surface area contributed by atoms with Crippen molar-refractivity contribution in [3.8, 4) is 0 Å². The summed E-state index contributed by atoms with van der Waals surface area (Å²) in [5.74, 6) is -0.0292. The average Bonchev–Trinajstić information content (AvgIpc) is 3.14. The Kier molecular flexibility index (Phi) is 4.66. The minimum absolute atomic E-state index is 0.0292. The van der Waals surface area contributed by atoms with E-state index in [1.165, 1.54) is 12.8 Å². The van der Waals surface area contributed by atoms with Crippen molar-refractivity contribution in [2.45, 2.75) is 44.7 Å². The highest BCUT2D eigenvalue weighted by Crippen LogP contribution is 2.31. The van der Waals surface area contributed by atoms with Crippen LogP contribution in [0.25, 0.3) is 0 Å². The molecule has 1 saturated carbocycles. The summed E-state index contributed by atoms with van der Waals surface area (Å²) >= 11 is 5.98. The normalized spacial score (nSPS) is 15.9. The zero-order valence-electron chi connectivity index (χ0n) is 11.1. The van der Waals surface area contributed by atoms with Crippen LogP contribution in [0.4, 0.5) is 11.4 Å². The number of nitrogens with two attached hydrogens (primary N) is 1. The molecule has 4 nitrogen and oxygen atoms in total. The average molecular weight is 282 g/mol. The molecule has 0 aliphatic heterocycles. The van der Waals surface area contributed by atoms with Gasteiger partial charge in [-0.3, -0.25) is 4.79 Å². The number of carbonyl (C=O) groups is 1. The van der Waals surface area contributed by atoms with Gasteiger partial charge in [-0.2, -0.15) is 0 Å². The van der Waals surface area contributed by atoms with Gasteiger partial charge in [0.05, 0.1) is 11.4 Å². The van der Waals surface area contributed by atoms with E-state index in [1.807, 2.05) is 19.1 Å². The van der Waals surface area contributed by atoms with E-state index >= 15 is 0 Å². The maximum Gasteiger partial charge on any atom is 0.224 e. The summed E-state index contributed by atoms with van der Waals surface area (Å²) in [7, 11) is 0. The van der Waals surface area contributed by atoms with Crippen LogP contribution in [0.1, 0.15) is 32.6 Å². The van der Waals surface area contributed by atoms with Crippen LogP contribution in [0, 0.1) is 0 Å². The predicted molar refractivity (Wildman–Crippen MR) is 79.6 cm³/mol. The number of anilines is 2. The zero-order chi connectivity index (χ0) is 13.8. The summed E-state index contributed by atoms with van der Waals surface area (Å²) in [6, 6.07) is 6.07. The van der Waals surface area contributed by atoms with Gasteiger partial charge in [0.15, 0.2) is 0 Å². The molecule has 4 N–H and O–H groups in total. The lowest BCUT2D eigenvalue weighted by atomic mass is 10.2. The molecule has 1 amide bonds. The fourth-order valence-corrected chi connectivity index (χ4v) is 1.94. The first kappa shape index (κ1) is 14.2. The van der Waals surface area contributed by atoms with Crippen LogP contribution in [0.5, 0.6) is 0 Å². The van der Waals surface area contributed by atoms with Gasteiger partial charge in [0.1, 0.15) is 0 Å². The molecule has 2 rings (SSSR count). The second-order valence-corrected chi connectivity index (χ2v) is 5.61. The van der Waals surface area contributed by atoms with Crippen molar-refractivity contribution < 1.29 is 4.79 Å². The lowest BCUT2D eigenvalue weighted by molar-refractivity contribution is -0.116. The van der Waals surface area contributed by atoms with Crippen molar-refractivity contribution in [2.24, 2.45) is 5.73 Å². The largest absolute Gasteiger partial charge is 0.381 e. The molecule has 0 spiro atoms. The Hall–Kier alpha value is -1.26. The Labute approximate surface area is 118 Å². The van der Waals surface area contributed by atoms with Crippen molar-refractivity contribution in [2.75, 3.05) is 10.6 Å². The van der Waals surface area contributed by atoms with Gasteiger partial charge in [0, 0.05) is 23.5 Å². The molecule has 0 radical (unpaired) electrons. The van der Waals surface area contributed by atoms with E-state index in [2.05, 4.69) is 10.6 Å². The summed E-state index contributed by atoms with van der Waals surface area (Å²) in [6.07, 6.45) is 3.46. The van der Waals surface area contributed by atoms with Crippen molar-refractivity contribution >= 4 is 28.9 Å². The monoisotopic (exact) mass is 281 g/mol. The number of carbonyl (C=O) groups excluding carboxylic acids is 1. The molecule has 1 aliphatic rings. The third-order valence-electron chi connectivity index (χ3n) is 3.02. The lowest BCUT2D eigenvalue weighted by Crippen LogP contribution is -2.20. The van der Waals surface area contributed by atoms with Crippen molar-refractivity contribution in [3.63, 3.8) is 0 Å². The summed E-state index contributed by atoms with van der Waals surface area (Å²) in [6.45, 7) is 1.90. The Morgan fingerprint density at radius 3 is 2.84 bits per heavy atom. The van der Waals surface area contributed by atoms with Crippen LogP contribution >= 0.6 is 11.6 Å². The van der Waals surface area contributed by atoms with Gasteiger partial charge in [0.25, 0.3) is 0 Å². The van der Waals surface area contributed by atoms with Gasteiger partial charge in [-0.25, -0.2) is 0 Å². The van der Waals surface area contributed by atoms with Gasteiger partial charge in [-0.15, -0.1) is 0 Å². The molecule has 1 aromatic rings. The quantitative estimate of drug-likeness (QED) is 0.751. The number of halogens is 1. The SMILES string of the molecule is CC(N)CCC(=O)Nc1cc(Cl)ccc1NC1CC1. The van der Waals surface area contributed by atoms with Gasteiger partial charge >= 0.3 is 0 Å². The molecule has 1 aliphatic carbocycles.